The monoisotopic (exact) mass is 411 g/mol. The Bertz CT molecular complexity index is 764. The first-order valence-electron chi connectivity index (χ1n) is 10.3. The van der Waals surface area contributed by atoms with Gasteiger partial charge >= 0.3 is 6.03 Å². The number of nitrogens with one attached hydrogen (secondary N) is 2. The van der Waals surface area contributed by atoms with E-state index in [0.29, 0.717) is 26.1 Å². The molecule has 156 valence electrons. The Morgan fingerprint density at radius 2 is 1.75 bits per heavy atom. The van der Waals surface area contributed by atoms with Crippen LogP contribution in [0, 0.1) is 11.7 Å². The van der Waals surface area contributed by atoms with Crippen LogP contribution in [0.1, 0.15) is 51.4 Å². The molecule has 1 aliphatic heterocycles. The Hall–Kier alpha value is -1.67. The molecule has 1 aliphatic carbocycles. The minimum Gasteiger partial charge on any atom is -0.338 e. The molecule has 2 fully saturated rings. The summed E-state index contributed by atoms with van der Waals surface area (Å²) in [7, 11) is -3.84. The number of carbonyl (C=O) groups is 1. The molecule has 1 atom stereocenters. The molecular weight excluding hydrogens is 381 g/mol. The summed E-state index contributed by atoms with van der Waals surface area (Å²) in [5.41, 5.74) is 0. The predicted molar refractivity (Wildman–Crippen MR) is 106 cm³/mol. The lowest BCUT2D eigenvalue weighted by Gasteiger charge is -2.22. The van der Waals surface area contributed by atoms with Crippen molar-refractivity contribution in [2.45, 2.75) is 62.3 Å². The molecule has 0 radical (unpaired) electrons. The summed E-state index contributed by atoms with van der Waals surface area (Å²) in [4.78, 5) is 11.9. The highest BCUT2D eigenvalue weighted by Gasteiger charge is 2.34. The average Bonchev–Trinajstić information content (AvgIpc) is 3.12. The van der Waals surface area contributed by atoms with E-state index < -0.39 is 15.8 Å². The van der Waals surface area contributed by atoms with E-state index in [2.05, 4.69) is 10.6 Å². The van der Waals surface area contributed by atoms with E-state index in [1.807, 2.05) is 0 Å². The van der Waals surface area contributed by atoms with E-state index in [0.717, 1.165) is 31.7 Å². The first kappa shape index (κ1) is 21.0. The van der Waals surface area contributed by atoms with E-state index in [9.17, 15) is 17.6 Å². The maximum Gasteiger partial charge on any atom is 0.315 e. The van der Waals surface area contributed by atoms with Crippen LogP contribution in [0.4, 0.5) is 9.18 Å². The lowest BCUT2D eigenvalue weighted by molar-refractivity contribution is 0.232. The van der Waals surface area contributed by atoms with Crippen LogP contribution in [0.25, 0.3) is 0 Å². The first-order chi connectivity index (χ1) is 13.5. The molecule has 0 bridgehead atoms. The molecule has 28 heavy (non-hydrogen) atoms. The van der Waals surface area contributed by atoms with Crippen molar-refractivity contribution in [3.8, 4) is 0 Å². The summed E-state index contributed by atoms with van der Waals surface area (Å²) in [5, 5.41) is 5.94. The number of hydrogen-bond acceptors (Lipinski definition) is 3. The van der Waals surface area contributed by atoms with Crippen LogP contribution in [0.3, 0.4) is 0 Å². The van der Waals surface area contributed by atoms with Gasteiger partial charge in [0.2, 0.25) is 10.0 Å². The lowest BCUT2D eigenvalue weighted by atomic mass is 9.97. The van der Waals surface area contributed by atoms with Crippen molar-refractivity contribution in [1.29, 1.82) is 0 Å². The summed E-state index contributed by atoms with van der Waals surface area (Å²) in [6, 6.07) is 5.48. The number of urea groups is 1. The van der Waals surface area contributed by atoms with Crippen molar-refractivity contribution >= 4 is 16.1 Å². The summed E-state index contributed by atoms with van der Waals surface area (Å²) in [5.74, 6) is -0.702. The maximum absolute atomic E-state index is 13.9. The smallest absolute Gasteiger partial charge is 0.315 e. The van der Waals surface area contributed by atoms with Crippen molar-refractivity contribution in [3.63, 3.8) is 0 Å². The van der Waals surface area contributed by atoms with E-state index in [4.69, 9.17) is 0 Å². The van der Waals surface area contributed by atoms with Crippen molar-refractivity contribution in [2.75, 3.05) is 19.6 Å². The van der Waals surface area contributed by atoms with Gasteiger partial charge in [0, 0.05) is 25.7 Å². The van der Waals surface area contributed by atoms with Gasteiger partial charge in [0.25, 0.3) is 0 Å². The molecule has 1 saturated carbocycles. The quantitative estimate of drug-likeness (QED) is 0.781. The second kappa shape index (κ2) is 9.69. The Balaban J connectivity index is 1.47. The third-order valence-electron chi connectivity index (χ3n) is 5.69. The molecule has 1 saturated heterocycles. The molecule has 1 heterocycles. The summed E-state index contributed by atoms with van der Waals surface area (Å²) >= 11 is 0. The van der Waals surface area contributed by atoms with E-state index in [1.165, 1.54) is 41.8 Å². The number of amides is 2. The Kier molecular flexibility index (Phi) is 7.29. The summed E-state index contributed by atoms with van der Waals surface area (Å²) in [6.07, 6.45) is 8.73. The molecule has 2 amide bonds. The van der Waals surface area contributed by atoms with Crippen molar-refractivity contribution in [3.05, 3.63) is 30.1 Å². The highest BCUT2D eigenvalue weighted by atomic mass is 32.2. The van der Waals surface area contributed by atoms with Crippen molar-refractivity contribution < 1.29 is 17.6 Å². The minimum absolute atomic E-state index is 0.0321. The molecule has 0 spiro atoms. The molecule has 0 aromatic heterocycles. The van der Waals surface area contributed by atoms with Crippen molar-refractivity contribution in [1.82, 2.24) is 14.9 Å². The lowest BCUT2D eigenvalue weighted by Crippen LogP contribution is -2.44. The van der Waals surface area contributed by atoms with Gasteiger partial charge in [-0.1, -0.05) is 44.2 Å². The molecule has 1 unspecified atom stereocenters. The van der Waals surface area contributed by atoms with Gasteiger partial charge in [-0.3, -0.25) is 0 Å². The molecule has 3 rings (SSSR count). The van der Waals surface area contributed by atoms with E-state index >= 15 is 0 Å². The zero-order valence-electron chi connectivity index (χ0n) is 16.2. The highest BCUT2D eigenvalue weighted by molar-refractivity contribution is 7.89. The first-order valence-corrected chi connectivity index (χ1v) is 11.7. The standard InChI is InChI=1S/C20H30FN3O3S/c21-18-10-6-7-11-19(18)28(26,27)24-13-12-16(15-24)14-22-20(25)23-17-8-4-2-1-3-5-9-17/h6-7,10-11,16-17H,1-5,8-9,12-15H2,(H2,22,23,25). The fourth-order valence-electron chi connectivity index (χ4n) is 4.05. The van der Waals surface area contributed by atoms with Crippen LogP contribution >= 0.6 is 0 Å². The second-order valence-electron chi connectivity index (χ2n) is 7.84. The molecular formula is C20H30FN3O3S. The van der Waals surface area contributed by atoms with Gasteiger partial charge in [-0.25, -0.2) is 17.6 Å². The van der Waals surface area contributed by atoms with E-state index in [-0.39, 0.29) is 22.9 Å². The number of rotatable bonds is 5. The fraction of sp³-hybridized carbons (Fsp3) is 0.650. The van der Waals surface area contributed by atoms with Crippen LogP contribution in [-0.4, -0.2) is 44.4 Å². The Labute approximate surface area is 166 Å². The number of sulfonamides is 1. The SMILES string of the molecule is O=C(NCC1CCN(S(=O)(=O)c2ccccc2F)C1)NC1CCCCCCC1. The third-order valence-corrected chi connectivity index (χ3v) is 7.59. The fourth-order valence-corrected chi connectivity index (χ4v) is 5.65. The number of benzene rings is 1. The van der Waals surface area contributed by atoms with Gasteiger partial charge in [-0.15, -0.1) is 0 Å². The van der Waals surface area contributed by atoms with Gasteiger partial charge in [0.15, 0.2) is 0 Å². The van der Waals surface area contributed by atoms with Gasteiger partial charge in [0.1, 0.15) is 10.7 Å². The Morgan fingerprint density at radius 3 is 2.46 bits per heavy atom. The number of halogens is 1. The average molecular weight is 412 g/mol. The number of nitrogens with zero attached hydrogens (tertiary/aromatic N) is 1. The third kappa shape index (κ3) is 5.44. The summed E-state index contributed by atoms with van der Waals surface area (Å²) < 4.78 is 40.5. The number of hydrogen-bond donors (Lipinski definition) is 2. The van der Waals surface area contributed by atoms with Crippen LogP contribution < -0.4 is 10.6 Å². The van der Waals surface area contributed by atoms with Gasteiger partial charge in [-0.05, 0) is 37.3 Å². The number of carbonyl (C=O) groups excluding carboxylic acids is 1. The van der Waals surface area contributed by atoms with Gasteiger partial charge in [-0.2, -0.15) is 4.31 Å². The normalized spacial score (nSPS) is 22.4. The van der Waals surface area contributed by atoms with E-state index in [1.54, 1.807) is 0 Å². The molecule has 1 aromatic carbocycles. The van der Waals surface area contributed by atoms with Crippen LogP contribution in [-0.2, 0) is 10.0 Å². The summed E-state index contributed by atoms with van der Waals surface area (Å²) in [6.45, 7) is 1.05. The largest absolute Gasteiger partial charge is 0.338 e. The zero-order chi connectivity index (χ0) is 20.0. The molecule has 6 nitrogen and oxygen atoms in total. The zero-order valence-corrected chi connectivity index (χ0v) is 17.0. The highest BCUT2D eigenvalue weighted by Crippen LogP contribution is 2.25. The van der Waals surface area contributed by atoms with Crippen LogP contribution in [0.5, 0.6) is 0 Å². The predicted octanol–water partition coefficient (Wildman–Crippen LogP) is 3.25. The van der Waals surface area contributed by atoms with Crippen molar-refractivity contribution in [2.24, 2.45) is 5.92 Å². The minimum atomic E-state index is -3.84. The van der Waals surface area contributed by atoms with Gasteiger partial charge < -0.3 is 10.6 Å². The molecule has 2 aliphatic rings. The molecule has 2 N–H and O–H groups in total. The maximum atomic E-state index is 13.9. The van der Waals surface area contributed by atoms with Crippen LogP contribution in [0.2, 0.25) is 0 Å². The van der Waals surface area contributed by atoms with Crippen LogP contribution in [0.15, 0.2) is 29.2 Å². The second-order valence-corrected chi connectivity index (χ2v) is 9.75. The molecule has 1 aromatic rings. The Morgan fingerprint density at radius 1 is 1.07 bits per heavy atom. The molecule has 8 heteroatoms. The topological polar surface area (TPSA) is 78.5 Å². The van der Waals surface area contributed by atoms with Gasteiger partial charge in [0.05, 0.1) is 0 Å².